The molecule has 0 radical (unpaired) electrons. The lowest BCUT2D eigenvalue weighted by atomic mass is 9.84. The van der Waals surface area contributed by atoms with Crippen molar-refractivity contribution in [1.29, 1.82) is 0 Å². The van der Waals surface area contributed by atoms with E-state index in [1.807, 2.05) is 19.2 Å². The summed E-state index contributed by atoms with van der Waals surface area (Å²) in [6, 6.07) is 9.81. The van der Waals surface area contributed by atoms with Gasteiger partial charge in [-0.2, -0.15) is 0 Å². The fourth-order valence-corrected chi connectivity index (χ4v) is 3.75. The number of anilines is 1. The maximum absolute atomic E-state index is 12.6. The molecule has 1 N–H and O–H groups in total. The van der Waals surface area contributed by atoms with Gasteiger partial charge in [-0.05, 0) is 55.1 Å². The second kappa shape index (κ2) is 8.90. The van der Waals surface area contributed by atoms with Crippen LogP contribution in [0.15, 0.2) is 36.5 Å². The minimum absolute atomic E-state index is 0.237. The molecule has 0 unspecified atom stereocenters. The Labute approximate surface area is 154 Å². The summed E-state index contributed by atoms with van der Waals surface area (Å²) in [6.45, 7) is 1.66. The average Bonchev–Trinajstić information content (AvgIpc) is 3.03. The Bertz CT molecular complexity index is 727. The van der Waals surface area contributed by atoms with Crippen molar-refractivity contribution in [3.8, 4) is 0 Å². The third-order valence-electron chi connectivity index (χ3n) is 5.10. The lowest BCUT2D eigenvalue weighted by Crippen LogP contribution is -2.07. The van der Waals surface area contributed by atoms with Gasteiger partial charge in [-0.15, -0.1) is 0 Å². The summed E-state index contributed by atoms with van der Waals surface area (Å²) in [5.74, 6) is 0.503. The number of benzene rings is 1. The second-order valence-corrected chi connectivity index (χ2v) is 7.15. The Morgan fingerprint density at radius 3 is 2.58 bits per heavy atom. The molecule has 0 bridgehead atoms. The largest absolute Gasteiger partial charge is 0.329 e. The molecule has 0 saturated heterocycles. The van der Waals surface area contributed by atoms with Gasteiger partial charge in [-0.3, -0.25) is 14.7 Å². The first-order chi connectivity index (χ1) is 12.7. The van der Waals surface area contributed by atoms with Gasteiger partial charge in [0.15, 0.2) is 0 Å². The molecule has 138 valence electrons. The van der Waals surface area contributed by atoms with Crippen LogP contribution in [-0.4, -0.2) is 23.3 Å². The summed E-state index contributed by atoms with van der Waals surface area (Å²) in [7, 11) is 2.00. The van der Waals surface area contributed by atoms with Gasteiger partial charge in [-0.25, -0.2) is 4.39 Å². The van der Waals surface area contributed by atoms with Crippen LogP contribution in [-0.2, 0) is 17.9 Å². The Hall–Kier alpha value is -2.27. The molecule has 5 heteroatoms. The van der Waals surface area contributed by atoms with Crippen molar-refractivity contribution in [3.63, 3.8) is 0 Å². The summed E-state index contributed by atoms with van der Waals surface area (Å²) in [6.07, 6.45) is 8.74. The second-order valence-electron chi connectivity index (χ2n) is 7.15. The van der Waals surface area contributed by atoms with E-state index < -0.39 is 0 Å². The molecule has 2 aliphatic rings. The van der Waals surface area contributed by atoms with E-state index in [2.05, 4.69) is 27.3 Å². The molecule has 26 heavy (non-hydrogen) atoms. The molecular formula is C21H26FN3O. The molecule has 1 saturated carbocycles. The zero-order valence-electron chi connectivity index (χ0n) is 15.2. The van der Waals surface area contributed by atoms with E-state index in [9.17, 15) is 9.18 Å². The van der Waals surface area contributed by atoms with Crippen LogP contribution in [0.2, 0.25) is 0 Å². The first kappa shape index (κ1) is 18.5. The maximum Gasteiger partial charge on any atom is 0.211 e. The molecule has 2 heterocycles. The highest BCUT2D eigenvalue weighted by Crippen LogP contribution is 2.32. The lowest BCUT2D eigenvalue weighted by Gasteiger charge is -2.21. The number of amides is 1. The maximum atomic E-state index is 12.6. The number of aromatic nitrogens is 1. The molecule has 2 aromatic rings. The standard InChI is InChI=1S/C13H17NO.C8H9FN2/c15-10-14-13-8-6-12(7-9-13)11-4-2-1-3-5-11;1-11-4-6-2-7(9)3-10-8(6)5-11/h6-11H,1-5H2,(H,14,15);2-3H,4-5H2,1H3. The van der Waals surface area contributed by atoms with Crippen molar-refractivity contribution < 1.29 is 9.18 Å². The van der Waals surface area contributed by atoms with Crippen molar-refractivity contribution in [2.75, 3.05) is 12.4 Å². The van der Waals surface area contributed by atoms with Crippen LogP contribution in [0.3, 0.4) is 0 Å². The molecule has 4 rings (SSSR count). The van der Waals surface area contributed by atoms with Crippen LogP contribution in [0.5, 0.6) is 0 Å². The summed E-state index contributed by atoms with van der Waals surface area (Å²) >= 11 is 0. The highest BCUT2D eigenvalue weighted by Gasteiger charge is 2.16. The monoisotopic (exact) mass is 355 g/mol. The van der Waals surface area contributed by atoms with Crippen LogP contribution in [0.25, 0.3) is 0 Å². The Morgan fingerprint density at radius 2 is 1.88 bits per heavy atom. The first-order valence-electron chi connectivity index (χ1n) is 9.27. The van der Waals surface area contributed by atoms with Gasteiger partial charge in [0.05, 0.1) is 11.9 Å². The molecule has 1 amide bonds. The van der Waals surface area contributed by atoms with Crippen molar-refractivity contribution in [2.45, 2.75) is 51.1 Å². The molecule has 1 aromatic heterocycles. The van der Waals surface area contributed by atoms with Crippen molar-refractivity contribution in [2.24, 2.45) is 0 Å². The fourth-order valence-electron chi connectivity index (χ4n) is 3.75. The number of halogens is 1. The zero-order chi connectivity index (χ0) is 18.4. The summed E-state index contributed by atoms with van der Waals surface area (Å²) in [4.78, 5) is 16.4. The molecule has 1 fully saturated rings. The van der Waals surface area contributed by atoms with Crippen LogP contribution < -0.4 is 5.32 Å². The third-order valence-corrected chi connectivity index (χ3v) is 5.10. The SMILES string of the molecule is CN1Cc2cc(F)cnc2C1.O=CNc1ccc(C2CCCCC2)cc1. The normalized spacial score (nSPS) is 17.2. The van der Waals surface area contributed by atoms with Crippen LogP contribution in [0, 0.1) is 5.82 Å². The molecule has 0 spiro atoms. The van der Waals surface area contributed by atoms with Crippen molar-refractivity contribution in [3.05, 3.63) is 59.2 Å². The molecular weight excluding hydrogens is 329 g/mol. The zero-order valence-corrected chi connectivity index (χ0v) is 15.2. The minimum Gasteiger partial charge on any atom is -0.329 e. The summed E-state index contributed by atoms with van der Waals surface area (Å²) in [5.41, 5.74) is 4.33. The topological polar surface area (TPSA) is 45.2 Å². The molecule has 0 atom stereocenters. The smallest absolute Gasteiger partial charge is 0.211 e. The number of nitrogens with one attached hydrogen (secondary N) is 1. The lowest BCUT2D eigenvalue weighted by molar-refractivity contribution is -0.105. The van der Waals surface area contributed by atoms with E-state index in [1.54, 1.807) is 6.07 Å². The van der Waals surface area contributed by atoms with E-state index in [0.717, 1.165) is 42.4 Å². The number of carbonyl (C=O) groups is 1. The Kier molecular flexibility index (Phi) is 6.34. The van der Waals surface area contributed by atoms with Gasteiger partial charge in [0.1, 0.15) is 5.82 Å². The fraction of sp³-hybridized carbons (Fsp3) is 0.429. The predicted octanol–water partition coefficient (Wildman–Crippen LogP) is 4.47. The minimum atomic E-state index is -0.237. The van der Waals surface area contributed by atoms with Crippen LogP contribution >= 0.6 is 0 Å². The van der Waals surface area contributed by atoms with Gasteiger partial charge in [0, 0.05) is 18.8 Å². The van der Waals surface area contributed by atoms with Crippen molar-refractivity contribution >= 4 is 12.1 Å². The number of nitrogens with zero attached hydrogens (tertiary/aromatic N) is 2. The van der Waals surface area contributed by atoms with Gasteiger partial charge in [0.2, 0.25) is 6.41 Å². The van der Waals surface area contributed by atoms with Gasteiger partial charge < -0.3 is 5.32 Å². The Morgan fingerprint density at radius 1 is 1.15 bits per heavy atom. The van der Waals surface area contributed by atoms with Crippen LogP contribution in [0.1, 0.15) is 54.8 Å². The first-order valence-corrected chi connectivity index (χ1v) is 9.27. The Balaban J connectivity index is 0.000000158. The number of fused-ring (bicyclic) bond motifs is 1. The summed E-state index contributed by atoms with van der Waals surface area (Å²) < 4.78 is 12.6. The van der Waals surface area contributed by atoms with Gasteiger partial charge >= 0.3 is 0 Å². The number of carbonyl (C=O) groups excluding carboxylic acids is 1. The molecule has 1 aromatic carbocycles. The van der Waals surface area contributed by atoms with E-state index in [-0.39, 0.29) is 5.82 Å². The number of hydrogen-bond acceptors (Lipinski definition) is 3. The van der Waals surface area contributed by atoms with Crippen molar-refractivity contribution in [1.82, 2.24) is 9.88 Å². The number of rotatable bonds is 3. The predicted molar refractivity (Wildman–Crippen MR) is 101 cm³/mol. The van der Waals surface area contributed by atoms with E-state index in [1.165, 1.54) is 43.9 Å². The van der Waals surface area contributed by atoms with Gasteiger partial charge in [-0.1, -0.05) is 31.4 Å². The van der Waals surface area contributed by atoms with E-state index >= 15 is 0 Å². The quantitative estimate of drug-likeness (QED) is 0.826. The molecule has 4 nitrogen and oxygen atoms in total. The van der Waals surface area contributed by atoms with E-state index in [4.69, 9.17) is 0 Å². The highest BCUT2D eigenvalue weighted by atomic mass is 19.1. The van der Waals surface area contributed by atoms with Gasteiger partial charge in [0.25, 0.3) is 0 Å². The summed E-state index contributed by atoms with van der Waals surface area (Å²) in [5, 5.41) is 2.66. The average molecular weight is 355 g/mol. The number of hydrogen-bond donors (Lipinski definition) is 1. The molecule has 1 aliphatic carbocycles. The highest BCUT2D eigenvalue weighted by molar-refractivity contribution is 5.71. The number of pyridine rings is 1. The van der Waals surface area contributed by atoms with Crippen LogP contribution in [0.4, 0.5) is 10.1 Å². The molecule has 1 aliphatic heterocycles. The third kappa shape index (κ3) is 4.88. The van der Waals surface area contributed by atoms with E-state index in [0.29, 0.717) is 0 Å².